The fourth-order valence-corrected chi connectivity index (χ4v) is 3.76. The zero-order valence-corrected chi connectivity index (χ0v) is 16.0. The van der Waals surface area contributed by atoms with Crippen LogP contribution >= 0.6 is 0 Å². The van der Waals surface area contributed by atoms with E-state index in [9.17, 15) is 8.78 Å². The first-order valence-electron chi connectivity index (χ1n) is 9.50. The number of hydrogen-bond acceptors (Lipinski definition) is 4. The lowest BCUT2D eigenvalue weighted by molar-refractivity contribution is 0.382. The molecule has 0 fully saturated rings. The van der Waals surface area contributed by atoms with Gasteiger partial charge in [0.2, 0.25) is 0 Å². The van der Waals surface area contributed by atoms with Gasteiger partial charge in [-0.05, 0) is 19.3 Å². The van der Waals surface area contributed by atoms with E-state index >= 15 is 0 Å². The Kier molecular flexibility index (Phi) is 5.02. The molecular weight excluding hydrogens is 364 g/mol. The Morgan fingerprint density at radius 2 is 2.14 bits per heavy atom. The van der Waals surface area contributed by atoms with Crippen molar-refractivity contribution in [2.24, 2.45) is 0 Å². The van der Waals surface area contributed by atoms with Gasteiger partial charge in [0, 0.05) is 31.1 Å². The maximum atomic E-state index is 14.6. The quantitative estimate of drug-likeness (QED) is 0.687. The molecule has 28 heavy (non-hydrogen) atoms. The number of halogens is 2. The van der Waals surface area contributed by atoms with Crippen molar-refractivity contribution in [2.75, 3.05) is 12.4 Å². The Labute approximate surface area is 162 Å². The number of hydrogen-bond donors (Lipinski definition) is 1. The first kappa shape index (κ1) is 18.5. The molecule has 148 valence electrons. The van der Waals surface area contributed by atoms with Gasteiger partial charge in [-0.15, -0.1) is 0 Å². The Morgan fingerprint density at radius 3 is 2.93 bits per heavy atom. The van der Waals surface area contributed by atoms with Crippen LogP contribution in [0.15, 0.2) is 30.7 Å². The third-order valence-electron chi connectivity index (χ3n) is 5.09. The standard InChI is InChI=1S/C20H23F2N5O/c1-3-5-17-16(25-15-6-4-8-26-9-7-23-20(15)26)12-24-27(17)18-10-14(22)19(28-2)11-13(18)21/h7,9-12,15,25H,3-6,8H2,1-2H3. The van der Waals surface area contributed by atoms with Crippen molar-refractivity contribution in [1.82, 2.24) is 19.3 Å². The van der Waals surface area contributed by atoms with Crippen LogP contribution in [0, 0.1) is 11.6 Å². The number of nitrogens with zero attached hydrogens (tertiary/aromatic N) is 4. The monoisotopic (exact) mass is 387 g/mol. The molecule has 1 aliphatic heterocycles. The van der Waals surface area contributed by atoms with Gasteiger partial charge in [0.05, 0.1) is 30.7 Å². The zero-order chi connectivity index (χ0) is 19.7. The van der Waals surface area contributed by atoms with Crippen LogP contribution < -0.4 is 10.1 Å². The molecule has 1 aliphatic rings. The summed E-state index contributed by atoms with van der Waals surface area (Å²) in [7, 11) is 1.31. The highest BCUT2D eigenvalue weighted by Gasteiger charge is 2.24. The van der Waals surface area contributed by atoms with Crippen molar-refractivity contribution in [3.8, 4) is 11.4 Å². The van der Waals surface area contributed by atoms with Gasteiger partial charge in [-0.1, -0.05) is 13.3 Å². The summed E-state index contributed by atoms with van der Waals surface area (Å²) in [5.41, 5.74) is 1.70. The molecule has 0 bridgehead atoms. The highest BCUT2D eigenvalue weighted by molar-refractivity contribution is 5.52. The fourth-order valence-electron chi connectivity index (χ4n) is 3.76. The molecule has 0 radical (unpaired) electrons. The maximum absolute atomic E-state index is 14.6. The van der Waals surface area contributed by atoms with Gasteiger partial charge in [0.15, 0.2) is 17.4 Å². The van der Waals surface area contributed by atoms with E-state index in [1.807, 2.05) is 13.1 Å². The molecule has 1 aromatic carbocycles. The van der Waals surface area contributed by atoms with Gasteiger partial charge in [0.25, 0.3) is 0 Å². The van der Waals surface area contributed by atoms with E-state index in [0.717, 1.165) is 55.1 Å². The van der Waals surface area contributed by atoms with Crippen LogP contribution in [0.4, 0.5) is 14.5 Å². The summed E-state index contributed by atoms with van der Waals surface area (Å²) in [4.78, 5) is 4.47. The van der Waals surface area contributed by atoms with E-state index in [4.69, 9.17) is 4.74 Å². The summed E-state index contributed by atoms with van der Waals surface area (Å²) in [6.07, 6.45) is 9.00. The largest absolute Gasteiger partial charge is 0.494 e. The SMILES string of the molecule is CCCc1c(NC2CCCn3ccnc32)cnn1-c1cc(F)c(OC)cc1F. The number of aryl methyl sites for hydroxylation is 1. The van der Waals surface area contributed by atoms with Crippen LogP contribution in [0.2, 0.25) is 0 Å². The minimum absolute atomic E-state index is 0.0643. The number of anilines is 1. The van der Waals surface area contributed by atoms with Crippen LogP contribution in [0.1, 0.15) is 43.7 Å². The summed E-state index contributed by atoms with van der Waals surface area (Å²) >= 11 is 0. The topological polar surface area (TPSA) is 56.9 Å². The van der Waals surface area contributed by atoms with Crippen LogP contribution in [0.5, 0.6) is 5.75 Å². The average molecular weight is 387 g/mol. The van der Waals surface area contributed by atoms with Crippen LogP contribution in [0.25, 0.3) is 5.69 Å². The summed E-state index contributed by atoms with van der Waals surface area (Å²) in [5.74, 6) is -0.347. The maximum Gasteiger partial charge on any atom is 0.167 e. The average Bonchev–Trinajstić information content (AvgIpc) is 3.32. The number of imidazole rings is 1. The molecule has 2 aromatic heterocycles. The van der Waals surface area contributed by atoms with Crippen LogP contribution in [0.3, 0.4) is 0 Å². The highest BCUT2D eigenvalue weighted by atomic mass is 19.1. The first-order valence-corrected chi connectivity index (χ1v) is 9.50. The Morgan fingerprint density at radius 1 is 1.29 bits per heavy atom. The van der Waals surface area contributed by atoms with E-state index in [-0.39, 0.29) is 17.5 Å². The van der Waals surface area contributed by atoms with Gasteiger partial charge in [-0.2, -0.15) is 5.10 Å². The molecule has 3 aromatic rings. The molecular formula is C20H23F2N5O. The van der Waals surface area contributed by atoms with E-state index in [1.165, 1.54) is 11.8 Å². The molecule has 0 amide bonds. The van der Waals surface area contributed by atoms with Crippen molar-refractivity contribution >= 4 is 5.69 Å². The van der Waals surface area contributed by atoms with Gasteiger partial charge >= 0.3 is 0 Å². The fraction of sp³-hybridized carbons (Fsp3) is 0.400. The van der Waals surface area contributed by atoms with E-state index in [1.54, 1.807) is 12.4 Å². The van der Waals surface area contributed by atoms with E-state index < -0.39 is 11.6 Å². The molecule has 4 rings (SSSR count). The van der Waals surface area contributed by atoms with E-state index in [0.29, 0.717) is 6.42 Å². The lowest BCUT2D eigenvalue weighted by Crippen LogP contribution is -2.22. The van der Waals surface area contributed by atoms with Crippen molar-refractivity contribution in [3.05, 3.63) is 53.9 Å². The van der Waals surface area contributed by atoms with Gasteiger partial charge in [-0.25, -0.2) is 18.4 Å². The number of aromatic nitrogens is 4. The Hall–Kier alpha value is -2.90. The van der Waals surface area contributed by atoms with Crippen LogP contribution in [-0.2, 0) is 13.0 Å². The third kappa shape index (κ3) is 3.23. The molecule has 1 atom stereocenters. The first-order chi connectivity index (χ1) is 13.6. The number of benzene rings is 1. The lowest BCUT2D eigenvalue weighted by Gasteiger charge is -2.25. The smallest absolute Gasteiger partial charge is 0.167 e. The number of ether oxygens (including phenoxy) is 1. The minimum Gasteiger partial charge on any atom is -0.494 e. The molecule has 3 heterocycles. The van der Waals surface area contributed by atoms with Crippen LogP contribution in [-0.4, -0.2) is 26.4 Å². The highest BCUT2D eigenvalue weighted by Crippen LogP contribution is 2.31. The zero-order valence-electron chi connectivity index (χ0n) is 16.0. The second-order valence-corrected chi connectivity index (χ2v) is 6.92. The van der Waals surface area contributed by atoms with E-state index in [2.05, 4.69) is 20.0 Å². The summed E-state index contributed by atoms with van der Waals surface area (Å²) < 4.78 is 37.3. The molecule has 0 spiro atoms. The van der Waals surface area contributed by atoms with Crippen molar-refractivity contribution in [1.29, 1.82) is 0 Å². The Bertz CT molecular complexity index is 981. The minimum atomic E-state index is -0.624. The summed E-state index contributed by atoms with van der Waals surface area (Å²) in [6.45, 7) is 3.00. The summed E-state index contributed by atoms with van der Waals surface area (Å²) in [6, 6.07) is 2.24. The molecule has 1 unspecified atom stereocenters. The van der Waals surface area contributed by atoms with Gasteiger partial charge < -0.3 is 14.6 Å². The molecule has 1 N–H and O–H groups in total. The molecule has 8 heteroatoms. The Balaban J connectivity index is 1.71. The predicted molar refractivity (Wildman–Crippen MR) is 102 cm³/mol. The molecule has 0 aliphatic carbocycles. The summed E-state index contributed by atoms with van der Waals surface area (Å²) in [5, 5.41) is 7.87. The van der Waals surface area contributed by atoms with Crippen molar-refractivity contribution in [2.45, 2.75) is 45.2 Å². The molecule has 0 saturated carbocycles. The predicted octanol–water partition coefficient (Wildman–Crippen LogP) is 4.26. The number of methoxy groups -OCH3 is 1. The van der Waals surface area contributed by atoms with Gasteiger partial charge in [-0.3, -0.25) is 0 Å². The second-order valence-electron chi connectivity index (χ2n) is 6.92. The molecule has 0 saturated heterocycles. The third-order valence-corrected chi connectivity index (χ3v) is 5.09. The number of rotatable bonds is 6. The number of fused-ring (bicyclic) bond motifs is 1. The number of nitrogens with one attached hydrogen (secondary N) is 1. The molecule has 6 nitrogen and oxygen atoms in total. The normalized spacial score (nSPS) is 16.1. The lowest BCUT2D eigenvalue weighted by atomic mass is 10.1. The second kappa shape index (κ2) is 7.61. The van der Waals surface area contributed by atoms with Crippen molar-refractivity contribution < 1.29 is 13.5 Å². The van der Waals surface area contributed by atoms with Crippen molar-refractivity contribution in [3.63, 3.8) is 0 Å². The van der Waals surface area contributed by atoms with Gasteiger partial charge in [0.1, 0.15) is 11.5 Å².